The number of methoxy groups -OCH3 is 2. The van der Waals surface area contributed by atoms with Crippen molar-refractivity contribution >= 4 is 5.97 Å². The molecular weight excluding hydrogens is 302 g/mol. The third-order valence-electron chi connectivity index (χ3n) is 3.55. The molecule has 2 N–H and O–H groups in total. The first-order valence-corrected chi connectivity index (χ1v) is 7.52. The van der Waals surface area contributed by atoms with E-state index in [0.29, 0.717) is 55.8 Å². The van der Waals surface area contributed by atoms with Gasteiger partial charge in [-0.25, -0.2) is 0 Å². The van der Waals surface area contributed by atoms with Crippen LogP contribution in [-0.2, 0) is 9.53 Å². The van der Waals surface area contributed by atoms with Gasteiger partial charge in [0, 0.05) is 18.2 Å². The summed E-state index contributed by atoms with van der Waals surface area (Å²) in [7, 11) is 3.07. The molecule has 0 bridgehead atoms. The Morgan fingerprint density at radius 1 is 1.22 bits per heavy atom. The monoisotopic (exact) mass is 325 g/mol. The lowest BCUT2D eigenvalue weighted by molar-refractivity contribution is -0.135. The fourth-order valence-corrected chi connectivity index (χ4v) is 2.55. The molecule has 0 fully saturated rings. The number of ether oxygens (including phenoxy) is 5. The number of fused-ring (bicyclic) bond motifs is 1. The van der Waals surface area contributed by atoms with Crippen molar-refractivity contribution in [3.63, 3.8) is 0 Å². The van der Waals surface area contributed by atoms with Gasteiger partial charge in [-0.2, -0.15) is 0 Å². The zero-order valence-corrected chi connectivity index (χ0v) is 13.7. The number of hydrogen-bond donors (Lipinski definition) is 1. The van der Waals surface area contributed by atoms with Crippen molar-refractivity contribution in [2.24, 2.45) is 5.73 Å². The molecule has 0 aromatic heterocycles. The molecule has 128 valence electrons. The van der Waals surface area contributed by atoms with E-state index in [0.717, 1.165) is 5.56 Å². The lowest BCUT2D eigenvalue weighted by atomic mass is 9.93. The zero-order valence-electron chi connectivity index (χ0n) is 13.7. The Bertz CT molecular complexity index is 560. The molecule has 0 saturated heterocycles. The maximum atomic E-state index is 11.6. The summed E-state index contributed by atoms with van der Waals surface area (Å²) in [5.74, 6) is 1.62. The summed E-state index contributed by atoms with van der Waals surface area (Å²) >= 11 is 0. The maximum Gasteiger partial charge on any atom is 0.311 e. The summed E-state index contributed by atoms with van der Waals surface area (Å²) in [6.45, 7) is 3.64. The Hall–Kier alpha value is -1.99. The van der Waals surface area contributed by atoms with Gasteiger partial charge in [0.15, 0.2) is 11.5 Å². The van der Waals surface area contributed by atoms with E-state index >= 15 is 0 Å². The summed E-state index contributed by atoms with van der Waals surface area (Å²) in [4.78, 5) is 11.6. The second-order valence-electron chi connectivity index (χ2n) is 5.18. The van der Waals surface area contributed by atoms with E-state index < -0.39 is 0 Å². The van der Waals surface area contributed by atoms with Crippen LogP contribution in [0.2, 0.25) is 0 Å². The van der Waals surface area contributed by atoms with Crippen LogP contribution in [0.3, 0.4) is 0 Å². The van der Waals surface area contributed by atoms with Gasteiger partial charge >= 0.3 is 5.97 Å². The Morgan fingerprint density at radius 3 is 2.65 bits per heavy atom. The summed E-state index contributed by atoms with van der Waals surface area (Å²) in [6.07, 6.45) is 0.300. The van der Waals surface area contributed by atoms with E-state index in [-0.39, 0.29) is 11.9 Å². The average molecular weight is 325 g/mol. The largest absolute Gasteiger partial charge is 0.493 e. The normalized spacial score (nSPS) is 16.5. The fraction of sp³-hybridized carbons (Fsp3) is 0.562. The Kier molecular flexibility index (Phi) is 6.06. The molecule has 0 saturated carbocycles. The van der Waals surface area contributed by atoms with Crippen molar-refractivity contribution < 1.29 is 28.5 Å². The van der Waals surface area contributed by atoms with Crippen molar-refractivity contribution in [1.29, 1.82) is 0 Å². The highest BCUT2D eigenvalue weighted by atomic mass is 16.6. The Balaban J connectivity index is 2.29. The smallest absolute Gasteiger partial charge is 0.311 e. The summed E-state index contributed by atoms with van der Waals surface area (Å²) in [5, 5.41) is 0. The highest BCUT2D eigenvalue weighted by Crippen LogP contribution is 2.50. The minimum Gasteiger partial charge on any atom is -0.493 e. The molecule has 0 spiro atoms. The molecular formula is C16H23NO6. The lowest BCUT2D eigenvalue weighted by Gasteiger charge is -2.26. The molecule has 0 radical (unpaired) electrons. The van der Waals surface area contributed by atoms with Gasteiger partial charge in [-0.3, -0.25) is 4.79 Å². The van der Waals surface area contributed by atoms with Gasteiger partial charge in [-0.15, -0.1) is 0 Å². The van der Waals surface area contributed by atoms with Crippen molar-refractivity contribution in [3.8, 4) is 23.0 Å². The van der Waals surface area contributed by atoms with Crippen LogP contribution in [0.15, 0.2) is 6.07 Å². The number of rotatable bonds is 8. The first kappa shape index (κ1) is 17.4. The predicted molar refractivity (Wildman–Crippen MR) is 83.6 cm³/mol. The van der Waals surface area contributed by atoms with Crippen LogP contribution in [0.1, 0.15) is 24.8 Å². The second-order valence-corrected chi connectivity index (χ2v) is 5.18. The van der Waals surface area contributed by atoms with Crippen LogP contribution in [0.25, 0.3) is 0 Å². The van der Waals surface area contributed by atoms with E-state index in [9.17, 15) is 4.79 Å². The third kappa shape index (κ3) is 3.86. The predicted octanol–water partition coefficient (Wildman–Crippen LogP) is 1.47. The van der Waals surface area contributed by atoms with Crippen molar-refractivity contribution in [1.82, 2.24) is 0 Å². The number of hydrogen-bond acceptors (Lipinski definition) is 7. The molecule has 0 aliphatic carbocycles. The van der Waals surface area contributed by atoms with E-state index in [4.69, 9.17) is 29.4 Å². The maximum absolute atomic E-state index is 11.6. The van der Waals surface area contributed by atoms with Crippen LogP contribution in [0.5, 0.6) is 23.0 Å². The molecule has 23 heavy (non-hydrogen) atoms. The van der Waals surface area contributed by atoms with E-state index in [2.05, 4.69) is 0 Å². The number of nitrogens with two attached hydrogens (primary N) is 1. The second kappa shape index (κ2) is 8.03. The van der Waals surface area contributed by atoms with Gasteiger partial charge in [-0.1, -0.05) is 6.92 Å². The van der Waals surface area contributed by atoms with Gasteiger partial charge in [0.2, 0.25) is 5.75 Å². The lowest BCUT2D eigenvalue weighted by Crippen LogP contribution is -2.20. The van der Waals surface area contributed by atoms with Crippen LogP contribution in [-0.4, -0.2) is 46.6 Å². The van der Waals surface area contributed by atoms with E-state index in [1.807, 2.05) is 6.92 Å². The standard InChI is InChI=1S/C16H23NO6/c1-10-8-13(18)23-11-9-12(19-2)15(16(20-3)14(10)11)22-7-6-21-5-4-17/h9-10H,4-8,17H2,1-3H3. The average Bonchev–Trinajstić information content (AvgIpc) is 2.53. The van der Waals surface area contributed by atoms with Gasteiger partial charge < -0.3 is 29.4 Å². The summed E-state index contributed by atoms with van der Waals surface area (Å²) < 4.78 is 27.2. The molecule has 1 aromatic rings. The topological polar surface area (TPSA) is 89.2 Å². The molecule has 1 heterocycles. The zero-order chi connectivity index (χ0) is 16.8. The number of carbonyl (C=O) groups excluding carboxylic acids is 1. The van der Waals surface area contributed by atoms with Gasteiger partial charge in [-0.05, 0) is 5.92 Å². The fourth-order valence-electron chi connectivity index (χ4n) is 2.55. The van der Waals surface area contributed by atoms with Crippen LogP contribution >= 0.6 is 0 Å². The molecule has 1 unspecified atom stereocenters. The van der Waals surface area contributed by atoms with E-state index in [1.54, 1.807) is 13.2 Å². The molecule has 1 aliphatic rings. The van der Waals surface area contributed by atoms with Crippen molar-refractivity contribution in [2.45, 2.75) is 19.3 Å². The van der Waals surface area contributed by atoms with Crippen LogP contribution in [0.4, 0.5) is 0 Å². The van der Waals surface area contributed by atoms with Crippen LogP contribution < -0.4 is 24.7 Å². The molecule has 1 aliphatic heterocycles. The molecule has 2 rings (SSSR count). The van der Waals surface area contributed by atoms with E-state index in [1.165, 1.54) is 7.11 Å². The first-order valence-electron chi connectivity index (χ1n) is 7.52. The third-order valence-corrected chi connectivity index (χ3v) is 3.55. The number of esters is 1. The minimum absolute atomic E-state index is 0.0250. The summed E-state index contributed by atoms with van der Waals surface area (Å²) in [6, 6.07) is 1.65. The molecule has 7 nitrogen and oxygen atoms in total. The van der Waals surface area contributed by atoms with Crippen molar-refractivity contribution in [3.05, 3.63) is 11.6 Å². The minimum atomic E-state index is -0.266. The Morgan fingerprint density at radius 2 is 2.00 bits per heavy atom. The molecule has 0 amide bonds. The SMILES string of the molecule is COc1cc2c(c(OC)c1OCCOCCN)C(C)CC(=O)O2. The highest BCUT2D eigenvalue weighted by Gasteiger charge is 2.31. The molecule has 7 heteroatoms. The van der Waals surface area contributed by atoms with Gasteiger partial charge in [0.05, 0.1) is 33.9 Å². The molecule has 1 atom stereocenters. The number of benzene rings is 1. The first-order chi connectivity index (χ1) is 11.1. The summed E-state index contributed by atoms with van der Waals surface area (Å²) in [5.41, 5.74) is 6.18. The van der Waals surface area contributed by atoms with Crippen LogP contribution in [0, 0.1) is 0 Å². The number of carbonyl (C=O) groups is 1. The van der Waals surface area contributed by atoms with Gasteiger partial charge in [0.1, 0.15) is 12.4 Å². The van der Waals surface area contributed by atoms with Crippen molar-refractivity contribution in [2.75, 3.05) is 40.6 Å². The highest BCUT2D eigenvalue weighted by molar-refractivity contribution is 5.79. The molecule has 1 aromatic carbocycles. The Labute approximate surface area is 135 Å². The quantitative estimate of drug-likeness (QED) is 0.440. The van der Waals surface area contributed by atoms with Gasteiger partial charge in [0.25, 0.3) is 0 Å².